The molecule has 0 bridgehead atoms. The molecule has 6 nitrogen and oxygen atoms in total. The predicted molar refractivity (Wildman–Crippen MR) is 62.7 cm³/mol. The smallest absolute Gasteiger partial charge is 0.325 e. The average Bonchev–Trinajstić information content (AvgIpc) is 2.24. The summed E-state index contributed by atoms with van der Waals surface area (Å²) >= 11 is 0. The van der Waals surface area contributed by atoms with Gasteiger partial charge in [-0.25, -0.2) is 0 Å². The van der Waals surface area contributed by atoms with Gasteiger partial charge in [-0.05, 0) is 31.7 Å². The van der Waals surface area contributed by atoms with E-state index >= 15 is 0 Å². The molecule has 0 saturated carbocycles. The van der Waals surface area contributed by atoms with Crippen molar-refractivity contribution in [1.29, 1.82) is 0 Å². The lowest BCUT2D eigenvalue weighted by molar-refractivity contribution is -0.147. The van der Waals surface area contributed by atoms with E-state index in [4.69, 9.17) is 14.5 Å². The number of carbonyl (C=O) groups excluding carboxylic acids is 1. The Hall–Kier alpha value is -0.420. The molecule has 2 atom stereocenters. The Labute approximate surface area is 101 Å². The van der Waals surface area contributed by atoms with Gasteiger partial charge in [0.2, 0.25) is 0 Å². The number of hydrogen-bond donors (Lipinski definition) is 3. The minimum atomic E-state index is -3.99. The van der Waals surface area contributed by atoms with Crippen LogP contribution in [0.2, 0.25) is 0 Å². The fraction of sp³-hybridized carbons (Fsp3) is 0.900. The van der Waals surface area contributed by atoms with E-state index in [0.717, 1.165) is 6.42 Å². The van der Waals surface area contributed by atoms with Crippen LogP contribution in [0.3, 0.4) is 0 Å². The molecule has 0 unspecified atom stereocenters. The van der Waals surface area contributed by atoms with Gasteiger partial charge in [-0.2, -0.15) is 0 Å². The van der Waals surface area contributed by atoms with E-state index < -0.39 is 13.6 Å². The van der Waals surface area contributed by atoms with Gasteiger partial charge in [-0.1, -0.05) is 6.92 Å². The molecule has 7 heteroatoms. The summed E-state index contributed by atoms with van der Waals surface area (Å²) in [7, 11) is -3.99. The van der Waals surface area contributed by atoms with Crippen LogP contribution < -0.4 is 5.32 Å². The van der Waals surface area contributed by atoms with E-state index in [0.29, 0.717) is 26.0 Å². The highest BCUT2D eigenvalue weighted by Crippen LogP contribution is 2.39. The average molecular weight is 265 g/mol. The highest BCUT2D eigenvalue weighted by atomic mass is 31.2. The second-order valence-electron chi connectivity index (χ2n) is 4.41. The van der Waals surface area contributed by atoms with E-state index in [9.17, 15) is 9.36 Å². The van der Waals surface area contributed by atoms with Crippen molar-refractivity contribution in [2.45, 2.75) is 32.2 Å². The first-order valence-electron chi connectivity index (χ1n) is 5.87. The van der Waals surface area contributed by atoms with E-state index in [-0.39, 0.29) is 18.0 Å². The monoisotopic (exact) mass is 265 g/mol. The molecule has 1 rings (SSSR count). The summed E-state index contributed by atoms with van der Waals surface area (Å²) in [6.45, 7) is 2.90. The van der Waals surface area contributed by atoms with Gasteiger partial charge in [0.25, 0.3) is 0 Å². The maximum atomic E-state index is 11.6. The zero-order chi connectivity index (χ0) is 12.9. The Kier molecular flexibility index (Phi) is 5.59. The third-order valence-electron chi connectivity index (χ3n) is 2.74. The molecule has 0 aromatic rings. The number of hydrogen-bond acceptors (Lipinski definition) is 4. The Morgan fingerprint density at radius 2 is 2.24 bits per heavy atom. The van der Waals surface area contributed by atoms with Crippen molar-refractivity contribution >= 4 is 13.6 Å². The molecule has 1 saturated heterocycles. The summed E-state index contributed by atoms with van der Waals surface area (Å²) in [6, 6.07) is -0.424. The van der Waals surface area contributed by atoms with Crippen molar-refractivity contribution in [3.05, 3.63) is 0 Å². The zero-order valence-corrected chi connectivity index (χ0v) is 10.9. The minimum absolute atomic E-state index is 0.115. The largest absolute Gasteiger partial charge is 0.465 e. The molecule has 100 valence electrons. The molecule has 0 amide bonds. The fourth-order valence-electron chi connectivity index (χ4n) is 1.98. The zero-order valence-electron chi connectivity index (χ0n) is 9.96. The van der Waals surface area contributed by atoms with E-state index in [2.05, 4.69) is 5.32 Å². The van der Waals surface area contributed by atoms with Crippen LogP contribution in [-0.2, 0) is 14.1 Å². The second kappa shape index (κ2) is 6.50. The van der Waals surface area contributed by atoms with Crippen LogP contribution >= 0.6 is 7.60 Å². The molecular weight excluding hydrogens is 245 g/mol. The summed E-state index contributed by atoms with van der Waals surface area (Å²) in [5.41, 5.74) is 0. The third-order valence-corrected chi connectivity index (χ3v) is 3.73. The lowest BCUT2D eigenvalue weighted by atomic mass is 9.94. The predicted octanol–water partition coefficient (Wildman–Crippen LogP) is 0.485. The molecule has 0 spiro atoms. The van der Waals surface area contributed by atoms with Gasteiger partial charge in [0.1, 0.15) is 6.04 Å². The van der Waals surface area contributed by atoms with Crippen LogP contribution in [0.15, 0.2) is 0 Å². The molecule has 1 aliphatic rings. The molecule has 0 aliphatic carbocycles. The van der Waals surface area contributed by atoms with Crippen molar-refractivity contribution in [3.8, 4) is 0 Å². The fourth-order valence-corrected chi connectivity index (χ4v) is 2.99. The summed E-state index contributed by atoms with van der Waals surface area (Å²) in [5.74, 6) is -0.432. The molecule has 0 aromatic heterocycles. The molecule has 0 aromatic carbocycles. The maximum absolute atomic E-state index is 11.6. The van der Waals surface area contributed by atoms with Gasteiger partial charge in [-0.3, -0.25) is 9.36 Å². The summed E-state index contributed by atoms with van der Waals surface area (Å²) in [4.78, 5) is 29.4. The molecule has 1 aliphatic heterocycles. The van der Waals surface area contributed by atoms with Gasteiger partial charge in [0.05, 0.1) is 12.8 Å². The first-order chi connectivity index (χ1) is 7.92. The number of nitrogens with one attached hydrogen (secondary N) is 1. The van der Waals surface area contributed by atoms with Gasteiger partial charge in [0.15, 0.2) is 0 Å². The standard InChI is InChI=1S/C10H20NO5P/c1-2-5-16-10(12)9-6-8(3-4-11-9)7-17(13,14)15/h8-9,11H,2-7H2,1H3,(H2,13,14,15)/t8-,9+/m0/s1. The van der Waals surface area contributed by atoms with E-state index in [1.807, 2.05) is 6.92 Å². The quantitative estimate of drug-likeness (QED) is 0.494. The number of carbonyl (C=O) groups is 1. The van der Waals surface area contributed by atoms with Crippen LogP contribution in [-0.4, -0.2) is 41.1 Å². The van der Waals surface area contributed by atoms with E-state index in [1.165, 1.54) is 0 Å². The Bertz CT molecular complexity index is 303. The highest BCUT2D eigenvalue weighted by molar-refractivity contribution is 7.51. The molecule has 1 heterocycles. The van der Waals surface area contributed by atoms with Gasteiger partial charge in [0, 0.05) is 0 Å². The van der Waals surface area contributed by atoms with Crippen molar-refractivity contribution < 1.29 is 23.9 Å². The Morgan fingerprint density at radius 3 is 2.82 bits per heavy atom. The summed E-state index contributed by atoms with van der Waals surface area (Å²) in [5, 5.41) is 3.02. The van der Waals surface area contributed by atoms with Crippen molar-refractivity contribution in [1.82, 2.24) is 5.32 Å². The van der Waals surface area contributed by atoms with Gasteiger partial charge >= 0.3 is 13.6 Å². The van der Waals surface area contributed by atoms with Crippen LogP contribution in [0.25, 0.3) is 0 Å². The SMILES string of the molecule is CCCOC(=O)[C@H]1C[C@@H](CP(=O)(O)O)CCN1. The number of rotatable bonds is 5. The van der Waals surface area contributed by atoms with Gasteiger partial charge < -0.3 is 19.8 Å². The Balaban J connectivity index is 2.43. The van der Waals surface area contributed by atoms with Crippen molar-refractivity contribution in [3.63, 3.8) is 0 Å². The van der Waals surface area contributed by atoms with Crippen LogP contribution in [0.5, 0.6) is 0 Å². The molecule has 17 heavy (non-hydrogen) atoms. The molecule has 0 radical (unpaired) electrons. The third kappa shape index (κ3) is 5.64. The first kappa shape index (κ1) is 14.6. The van der Waals surface area contributed by atoms with Crippen LogP contribution in [0.4, 0.5) is 0 Å². The summed E-state index contributed by atoms with van der Waals surface area (Å²) in [6.07, 6.45) is 1.74. The molecule has 1 fully saturated rings. The highest BCUT2D eigenvalue weighted by Gasteiger charge is 2.31. The summed E-state index contributed by atoms with van der Waals surface area (Å²) < 4.78 is 15.9. The Morgan fingerprint density at radius 1 is 1.53 bits per heavy atom. The van der Waals surface area contributed by atoms with Crippen molar-refractivity contribution in [2.24, 2.45) is 5.92 Å². The minimum Gasteiger partial charge on any atom is -0.465 e. The maximum Gasteiger partial charge on any atom is 0.325 e. The molecular formula is C10H20NO5P. The van der Waals surface area contributed by atoms with Crippen LogP contribution in [0, 0.1) is 5.92 Å². The lowest BCUT2D eigenvalue weighted by Crippen LogP contribution is -2.45. The number of ether oxygens (including phenoxy) is 1. The molecule has 3 N–H and O–H groups in total. The van der Waals surface area contributed by atoms with Crippen LogP contribution in [0.1, 0.15) is 26.2 Å². The van der Waals surface area contributed by atoms with E-state index in [1.54, 1.807) is 0 Å². The number of esters is 1. The topological polar surface area (TPSA) is 95.9 Å². The second-order valence-corrected chi connectivity index (χ2v) is 6.11. The number of piperidine rings is 1. The van der Waals surface area contributed by atoms with Gasteiger partial charge in [-0.15, -0.1) is 0 Å². The van der Waals surface area contributed by atoms with Crippen molar-refractivity contribution in [2.75, 3.05) is 19.3 Å². The first-order valence-corrected chi connectivity index (χ1v) is 7.66. The lowest BCUT2D eigenvalue weighted by Gasteiger charge is -2.29. The normalized spacial score (nSPS) is 25.6.